The highest BCUT2D eigenvalue weighted by Crippen LogP contribution is 2.32. The van der Waals surface area contributed by atoms with Crippen LogP contribution >= 0.6 is 0 Å². The van der Waals surface area contributed by atoms with E-state index in [1.54, 1.807) is 0 Å². The van der Waals surface area contributed by atoms with Gasteiger partial charge in [-0.05, 0) is 38.0 Å². The summed E-state index contributed by atoms with van der Waals surface area (Å²) in [7, 11) is 1.49. The summed E-state index contributed by atoms with van der Waals surface area (Å²) in [5.74, 6) is 0.832. The average Bonchev–Trinajstić information content (AvgIpc) is 2.19. The lowest BCUT2D eigenvalue weighted by atomic mass is 9.84. The summed E-state index contributed by atoms with van der Waals surface area (Å²) in [4.78, 5) is 13.8. The van der Waals surface area contributed by atoms with E-state index in [0.29, 0.717) is 6.04 Å². The molecule has 0 N–H and O–H groups in total. The molecule has 0 spiro atoms. The Balaban J connectivity index is 1.86. The van der Waals surface area contributed by atoms with E-state index in [1.807, 2.05) is 0 Å². The first-order chi connectivity index (χ1) is 7.22. The molecule has 1 heterocycles. The molecule has 2 fully saturated rings. The smallest absolute Gasteiger partial charge is 0.323 e. The van der Waals surface area contributed by atoms with Crippen molar-refractivity contribution < 1.29 is 9.53 Å². The Labute approximate surface area is 91.8 Å². The van der Waals surface area contributed by atoms with E-state index in [4.69, 9.17) is 4.74 Å². The van der Waals surface area contributed by atoms with Crippen molar-refractivity contribution in [3.8, 4) is 0 Å². The monoisotopic (exact) mass is 211 g/mol. The zero-order chi connectivity index (χ0) is 10.8. The first-order valence-corrected chi connectivity index (χ1v) is 6.06. The number of esters is 1. The van der Waals surface area contributed by atoms with Crippen molar-refractivity contribution in [2.75, 3.05) is 13.7 Å². The van der Waals surface area contributed by atoms with Crippen LogP contribution in [0.5, 0.6) is 0 Å². The molecule has 86 valence electrons. The summed E-state index contributed by atoms with van der Waals surface area (Å²) < 4.78 is 4.82. The highest BCUT2D eigenvalue weighted by molar-refractivity contribution is 5.76. The van der Waals surface area contributed by atoms with Crippen LogP contribution in [-0.2, 0) is 9.53 Å². The van der Waals surface area contributed by atoms with Crippen LogP contribution in [0.1, 0.15) is 39.0 Å². The minimum absolute atomic E-state index is 0.0418. The number of likely N-dealkylation sites (tertiary alicyclic amines) is 1. The maximum absolute atomic E-state index is 11.4. The fourth-order valence-corrected chi connectivity index (χ4v) is 2.81. The molecule has 1 unspecified atom stereocenters. The molecule has 0 radical (unpaired) electrons. The van der Waals surface area contributed by atoms with Crippen LogP contribution in [0.2, 0.25) is 0 Å². The van der Waals surface area contributed by atoms with Gasteiger partial charge in [-0.15, -0.1) is 0 Å². The maximum atomic E-state index is 11.4. The molecule has 1 saturated heterocycles. The Bertz CT molecular complexity index is 234. The van der Waals surface area contributed by atoms with E-state index in [9.17, 15) is 4.79 Å². The molecule has 0 aromatic rings. The molecule has 15 heavy (non-hydrogen) atoms. The zero-order valence-electron chi connectivity index (χ0n) is 9.74. The van der Waals surface area contributed by atoms with Crippen molar-refractivity contribution in [2.45, 2.75) is 51.1 Å². The summed E-state index contributed by atoms with van der Waals surface area (Å²) in [6, 6.07) is 0.701. The van der Waals surface area contributed by atoms with Gasteiger partial charge in [-0.3, -0.25) is 9.69 Å². The van der Waals surface area contributed by atoms with Gasteiger partial charge in [-0.2, -0.15) is 0 Å². The average molecular weight is 211 g/mol. The van der Waals surface area contributed by atoms with E-state index < -0.39 is 0 Å². The van der Waals surface area contributed by atoms with Gasteiger partial charge in [0, 0.05) is 12.6 Å². The molecule has 1 atom stereocenters. The van der Waals surface area contributed by atoms with E-state index in [0.717, 1.165) is 18.9 Å². The molecule has 0 bridgehead atoms. The van der Waals surface area contributed by atoms with Crippen LogP contribution in [0.3, 0.4) is 0 Å². The molecule has 0 amide bonds. The molecule has 1 aliphatic heterocycles. The molecule has 1 aliphatic carbocycles. The number of ether oxygens (including phenoxy) is 1. The van der Waals surface area contributed by atoms with Gasteiger partial charge in [0.25, 0.3) is 0 Å². The Kier molecular flexibility index (Phi) is 3.29. The second kappa shape index (κ2) is 4.52. The van der Waals surface area contributed by atoms with Crippen molar-refractivity contribution in [1.29, 1.82) is 0 Å². The maximum Gasteiger partial charge on any atom is 0.323 e. The van der Waals surface area contributed by atoms with Crippen LogP contribution in [0, 0.1) is 5.92 Å². The number of rotatable bonds is 2. The second-order valence-corrected chi connectivity index (χ2v) is 4.98. The fourth-order valence-electron chi connectivity index (χ4n) is 2.81. The molecule has 2 aliphatic rings. The standard InChI is InChI=1S/C12H21NO2/c1-9-3-5-10(6-4-9)13-8-7-11(13)12(14)15-2/h9-11H,3-8H2,1-2H3. The lowest BCUT2D eigenvalue weighted by Gasteiger charge is -2.46. The van der Waals surface area contributed by atoms with Crippen molar-refractivity contribution >= 4 is 5.97 Å². The fraction of sp³-hybridized carbons (Fsp3) is 0.917. The molecule has 0 aromatic carbocycles. The number of hydrogen-bond acceptors (Lipinski definition) is 3. The van der Waals surface area contributed by atoms with E-state index in [2.05, 4.69) is 11.8 Å². The van der Waals surface area contributed by atoms with Crippen molar-refractivity contribution in [3.63, 3.8) is 0 Å². The Morgan fingerprint density at radius 1 is 1.20 bits per heavy atom. The first kappa shape index (κ1) is 10.9. The summed E-state index contributed by atoms with van der Waals surface area (Å²) in [6.07, 6.45) is 6.13. The third kappa shape index (κ3) is 2.17. The quantitative estimate of drug-likeness (QED) is 0.652. The summed E-state index contributed by atoms with van der Waals surface area (Å²) in [6.45, 7) is 3.41. The molecule has 0 aromatic heterocycles. The minimum Gasteiger partial charge on any atom is -0.468 e. The molecule has 3 nitrogen and oxygen atoms in total. The van der Waals surface area contributed by atoms with Gasteiger partial charge >= 0.3 is 5.97 Å². The Hall–Kier alpha value is -0.570. The first-order valence-electron chi connectivity index (χ1n) is 6.06. The lowest BCUT2D eigenvalue weighted by molar-refractivity contribution is -0.154. The van der Waals surface area contributed by atoms with E-state index >= 15 is 0 Å². The van der Waals surface area contributed by atoms with Gasteiger partial charge in [-0.25, -0.2) is 0 Å². The van der Waals surface area contributed by atoms with Gasteiger partial charge in [-0.1, -0.05) is 6.92 Å². The number of methoxy groups -OCH3 is 1. The van der Waals surface area contributed by atoms with Crippen LogP contribution < -0.4 is 0 Å². The molecular weight excluding hydrogens is 190 g/mol. The second-order valence-electron chi connectivity index (χ2n) is 4.98. The predicted octanol–water partition coefficient (Wildman–Crippen LogP) is 1.81. The van der Waals surface area contributed by atoms with Crippen LogP contribution in [0.15, 0.2) is 0 Å². The molecule has 2 rings (SSSR count). The van der Waals surface area contributed by atoms with Crippen LogP contribution in [0.4, 0.5) is 0 Å². The minimum atomic E-state index is -0.0418. The van der Waals surface area contributed by atoms with Gasteiger partial charge in [0.2, 0.25) is 0 Å². The van der Waals surface area contributed by atoms with Crippen LogP contribution in [-0.4, -0.2) is 36.6 Å². The van der Waals surface area contributed by atoms with Gasteiger partial charge in [0.05, 0.1) is 7.11 Å². The SMILES string of the molecule is COC(=O)C1CCN1C1CCC(C)CC1. The third-order valence-corrected chi connectivity index (χ3v) is 3.99. The molecular formula is C12H21NO2. The number of carbonyl (C=O) groups excluding carboxylic acids is 1. The number of hydrogen-bond donors (Lipinski definition) is 0. The summed E-state index contributed by atoms with van der Waals surface area (Å²) in [5, 5.41) is 0. The Morgan fingerprint density at radius 2 is 1.87 bits per heavy atom. The highest BCUT2D eigenvalue weighted by atomic mass is 16.5. The highest BCUT2D eigenvalue weighted by Gasteiger charge is 2.39. The topological polar surface area (TPSA) is 29.5 Å². The number of nitrogens with zero attached hydrogens (tertiary/aromatic N) is 1. The third-order valence-electron chi connectivity index (χ3n) is 3.99. The van der Waals surface area contributed by atoms with Gasteiger partial charge in [0.15, 0.2) is 0 Å². The largest absolute Gasteiger partial charge is 0.468 e. The van der Waals surface area contributed by atoms with Crippen molar-refractivity contribution in [1.82, 2.24) is 4.90 Å². The number of carbonyl (C=O) groups is 1. The van der Waals surface area contributed by atoms with Gasteiger partial charge in [0.1, 0.15) is 6.04 Å². The predicted molar refractivity (Wildman–Crippen MR) is 58.5 cm³/mol. The summed E-state index contributed by atoms with van der Waals surface area (Å²) >= 11 is 0. The normalized spacial score (nSPS) is 37.1. The molecule has 1 saturated carbocycles. The van der Waals surface area contributed by atoms with Crippen molar-refractivity contribution in [2.24, 2.45) is 5.92 Å². The Morgan fingerprint density at radius 3 is 2.33 bits per heavy atom. The lowest BCUT2D eigenvalue weighted by Crippen LogP contribution is -2.57. The zero-order valence-corrected chi connectivity index (χ0v) is 9.74. The van der Waals surface area contributed by atoms with Gasteiger partial charge < -0.3 is 4.74 Å². The van der Waals surface area contributed by atoms with E-state index in [1.165, 1.54) is 32.8 Å². The molecule has 3 heteroatoms. The van der Waals surface area contributed by atoms with Crippen molar-refractivity contribution in [3.05, 3.63) is 0 Å². The van der Waals surface area contributed by atoms with Crippen LogP contribution in [0.25, 0.3) is 0 Å². The van der Waals surface area contributed by atoms with E-state index in [-0.39, 0.29) is 12.0 Å². The summed E-state index contributed by atoms with van der Waals surface area (Å²) in [5.41, 5.74) is 0.